The third-order valence-electron chi connectivity index (χ3n) is 4.71. The molecule has 1 aromatic carbocycles. The molecule has 7 nitrogen and oxygen atoms in total. The summed E-state index contributed by atoms with van der Waals surface area (Å²) < 4.78 is 12.9. The number of hydrogen-bond donors (Lipinski definition) is 3. The standard InChI is InChI=1S/C19H27FN4O3/c1-2-3-4-16(23-19(21)27)18(26)24-11-9-15(10-12-24)22-17(25)13-5-7-14(20)8-6-13/h5-8,15-16H,2-4,9-12H2,1H3,(H,22,25)(H3,21,23,27). The minimum absolute atomic E-state index is 0.0511. The lowest BCUT2D eigenvalue weighted by Gasteiger charge is -2.34. The Labute approximate surface area is 158 Å². The van der Waals surface area contributed by atoms with Crippen LogP contribution in [-0.4, -0.2) is 47.9 Å². The van der Waals surface area contributed by atoms with Crippen molar-refractivity contribution >= 4 is 17.8 Å². The SMILES string of the molecule is CCCCC(NC(N)=O)C(=O)N1CCC(NC(=O)c2ccc(F)cc2)CC1. The highest BCUT2D eigenvalue weighted by Crippen LogP contribution is 2.14. The van der Waals surface area contributed by atoms with Crippen molar-refractivity contribution in [3.05, 3.63) is 35.6 Å². The Morgan fingerprint density at radius 2 is 1.85 bits per heavy atom. The summed E-state index contributed by atoms with van der Waals surface area (Å²) >= 11 is 0. The maximum Gasteiger partial charge on any atom is 0.312 e. The minimum atomic E-state index is -0.703. The van der Waals surface area contributed by atoms with E-state index in [4.69, 9.17) is 5.73 Å². The van der Waals surface area contributed by atoms with Crippen LogP contribution in [0.25, 0.3) is 0 Å². The van der Waals surface area contributed by atoms with Crippen molar-refractivity contribution in [3.63, 3.8) is 0 Å². The van der Waals surface area contributed by atoms with Crippen molar-refractivity contribution in [2.45, 2.75) is 51.1 Å². The monoisotopic (exact) mass is 378 g/mol. The molecule has 4 N–H and O–H groups in total. The summed E-state index contributed by atoms with van der Waals surface area (Å²) in [6, 6.07) is 4.02. The molecule has 1 saturated heterocycles. The number of carbonyl (C=O) groups excluding carboxylic acids is 3. The van der Waals surface area contributed by atoms with Crippen LogP contribution in [0.5, 0.6) is 0 Å². The van der Waals surface area contributed by atoms with E-state index in [9.17, 15) is 18.8 Å². The Hall–Kier alpha value is -2.64. The normalized spacial score (nSPS) is 15.9. The van der Waals surface area contributed by atoms with Gasteiger partial charge < -0.3 is 21.3 Å². The highest BCUT2D eigenvalue weighted by Gasteiger charge is 2.29. The van der Waals surface area contributed by atoms with Gasteiger partial charge in [0.25, 0.3) is 5.91 Å². The van der Waals surface area contributed by atoms with E-state index in [0.29, 0.717) is 37.9 Å². The molecular formula is C19H27FN4O3. The molecule has 0 bridgehead atoms. The first kappa shape index (κ1) is 20.7. The summed E-state index contributed by atoms with van der Waals surface area (Å²) in [5.74, 6) is -0.776. The summed E-state index contributed by atoms with van der Waals surface area (Å²) in [4.78, 5) is 37.7. The van der Waals surface area contributed by atoms with Crippen LogP contribution >= 0.6 is 0 Å². The van der Waals surface area contributed by atoms with Crippen LogP contribution < -0.4 is 16.4 Å². The van der Waals surface area contributed by atoms with Crippen molar-refractivity contribution in [3.8, 4) is 0 Å². The van der Waals surface area contributed by atoms with Crippen molar-refractivity contribution in [1.82, 2.24) is 15.5 Å². The third-order valence-corrected chi connectivity index (χ3v) is 4.71. The average molecular weight is 378 g/mol. The zero-order valence-electron chi connectivity index (χ0n) is 15.5. The fourth-order valence-electron chi connectivity index (χ4n) is 3.17. The molecule has 0 radical (unpaired) electrons. The second-order valence-electron chi connectivity index (χ2n) is 6.78. The lowest BCUT2D eigenvalue weighted by Crippen LogP contribution is -2.53. The van der Waals surface area contributed by atoms with Gasteiger partial charge in [-0.1, -0.05) is 19.8 Å². The summed E-state index contributed by atoms with van der Waals surface area (Å²) in [7, 11) is 0. The van der Waals surface area contributed by atoms with Crippen LogP contribution in [0, 0.1) is 5.82 Å². The second kappa shape index (κ2) is 9.89. The number of urea groups is 1. The van der Waals surface area contributed by atoms with Gasteiger partial charge in [-0.15, -0.1) is 0 Å². The molecule has 4 amide bonds. The quantitative estimate of drug-likeness (QED) is 0.673. The van der Waals surface area contributed by atoms with Crippen LogP contribution in [0.2, 0.25) is 0 Å². The van der Waals surface area contributed by atoms with Crippen molar-refractivity contribution in [2.24, 2.45) is 5.73 Å². The zero-order chi connectivity index (χ0) is 19.8. The van der Waals surface area contributed by atoms with E-state index < -0.39 is 12.1 Å². The first-order chi connectivity index (χ1) is 12.9. The molecular weight excluding hydrogens is 351 g/mol. The second-order valence-corrected chi connectivity index (χ2v) is 6.78. The number of primary amides is 1. The lowest BCUT2D eigenvalue weighted by molar-refractivity contribution is -0.134. The molecule has 2 rings (SSSR count). The molecule has 1 atom stereocenters. The van der Waals surface area contributed by atoms with Gasteiger partial charge in [0, 0.05) is 24.7 Å². The molecule has 8 heteroatoms. The van der Waals surface area contributed by atoms with Crippen LogP contribution in [0.15, 0.2) is 24.3 Å². The van der Waals surface area contributed by atoms with Gasteiger partial charge in [0.2, 0.25) is 5.91 Å². The molecule has 1 aliphatic heterocycles. The number of halogens is 1. The predicted octanol–water partition coefficient (Wildman–Crippen LogP) is 1.77. The number of amides is 4. The number of carbonyl (C=O) groups is 3. The maximum atomic E-state index is 12.9. The molecule has 27 heavy (non-hydrogen) atoms. The largest absolute Gasteiger partial charge is 0.352 e. The molecule has 1 aliphatic rings. The van der Waals surface area contributed by atoms with Gasteiger partial charge in [-0.3, -0.25) is 9.59 Å². The molecule has 0 aliphatic carbocycles. The molecule has 0 aromatic heterocycles. The first-order valence-corrected chi connectivity index (χ1v) is 9.32. The Morgan fingerprint density at radius 3 is 2.41 bits per heavy atom. The number of benzene rings is 1. The highest BCUT2D eigenvalue weighted by atomic mass is 19.1. The Bertz CT molecular complexity index is 657. The van der Waals surface area contributed by atoms with Crippen molar-refractivity contribution < 1.29 is 18.8 Å². The van der Waals surface area contributed by atoms with Gasteiger partial charge in [-0.25, -0.2) is 9.18 Å². The smallest absolute Gasteiger partial charge is 0.312 e. The van der Waals surface area contributed by atoms with E-state index in [0.717, 1.165) is 12.8 Å². The number of rotatable bonds is 7. The van der Waals surface area contributed by atoms with Crippen LogP contribution in [0.1, 0.15) is 49.4 Å². The average Bonchev–Trinajstić information content (AvgIpc) is 2.65. The zero-order valence-corrected chi connectivity index (χ0v) is 15.5. The third kappa shape index (κ3) is 6.23. The lowest BCUT2D eigenvalue weighted by atomic mass is 10.0. The number of nitrogens with two attached hydrogens (primary N) is 1. The maximum absolute atomic E-state index is 12.9. The summed E-state index contributed by atoms with van der Waals surface area (Å²) in [5.41, 5.74) is 5.59. The van der Waals surface area contributed by atoms with E-state index in [1.165, 1.54) is 24.3 Å². The van der Waals surface area contributed by atoms with Crippen molar-refractivity contribution in [1.29, 1.82) is 0 Å². The predicted molar refractivity (Wildman–Crippen MR) is 99.5 cm³/mol. The van der Waals surface area contributed by atoms with Crippen LogP contribution in [0.4, 0.5) is 9.18 Å². The molecule has 0 saturated carbocycles. The van der Waals surface area contributed by atoms with Crippen molar-refractivity contribution in [2.75, 3.05) is 13.1 Å². The minimum Gasteiger partial charge on any atom is -0.352 e. The topological polar surface area (TPSA) is 105 Å². The molecule has 1 fully saturated rings. The van der Waals surface area contributed by atoms with Gasteiger partial charge >= 0.3 is 6.03 Å². The van der Waals surface area contributed by atoms with Crippen LogP contribution in [0.3, 0.4) is 0 Å². The van der Waals surface area contributed by atoms with E-state index in [1.807, 2.05) is 6.92 Å². The van der Waals surface area contributed by atoms with Gasteiger partial charge in [0.1, 0.15) is 11.9 Å². The Morgan fingerprint density at radius 1 is 1.22 bits per heavy atom. The fourth-order valence-corrected chi connectivity index (χ4v) is 3.17. The fraction of sp³-hybridized carbons (Fsp3) is 0.526. The Kier molecular flexibility index (Phi) is 7.57. The van der Waals surface area contributed by atoms with E-state index in [1.54, 1.807) is 4.90 Å². The number of nitrogens with zero attached hydrogens (tertiary/aromatic N) is 1. The van der Waals surface area contributed by atoms with Gasteiger partial charge in [-0.2, -0.15) is 0 Å². The molecule has 0 spiro atoms. The number of unbranched alkanes of at least 4 members (excludes halogenated alkanes) is 1. The number of piperidine rings is 1. The van der Waals surface area contributed by atoms with Gasteiger partial charge in [0.15, 0.2) is 0 Å². The van der Waals surface area contributed by atoms with E-state index in [2.05, 4.69) is 10.6 Å². The van der Waals surface area contributed by atoms with Gasteiger partial charge in [0.05, 0.1) is 0 Å². The van der Waals surface area contributed by atoms with E-state index >= 15 is 0 Å². The molecule has 148 valence electrons. The Balaban J connectivity index is 1.85. The highest BCUT2D eigenvalue weighted by molar-refractivity contribution is 5.94. The number of nitrogens with one attached hydrogen (secondary N) is 2. The first-order valence-electron chi connectivity index (χ1n) is 9.32. The molecule has 1 heterocycles. The summed E-state index contributed by atoms with van der Waals surface area (Å²) in [5, 5.41) is 5.45. The summed E-state index contributed by atoms with van der Waals surface area (Å²) in [6.07, 6.45) is 3.54. The molecule has 1 unspecified atom stereocenters. The molecule has 1 aromatic rings. The number of likely N-dealkylation sites (tertiary alicyclic amines) is 1. The van der Waals surface area contributed by atoms with Crippen LogP contribution in [-0.2, 0) is 4.79 Å². The number of hydrogen-bond acceptors (Lipinski definition) is 3. The summed E-state index contributed by atoms with van der Waals surface area (Å²) in [6.45, 7) is 3.01. The van der Waals surface area contributed by atoms with E-state index in [-0.39, 0.29) is 23.7 Å². The van der Waals surface area contributed by atoms with Gasteiger partial charge in [-0.05, 0) is 43.5 Å².